The van der Waals surface area contributed by atoms with Crippen LogP contribution in [-0.4, -0.2) is 31.2 Å². The van der Waals surface area contributed by atoms with E-state index in [0.29, 0.717) is 40.3 Å². The van der Waals surface area contributed by atoms with Crippen LogP contribution in [0.25, 0.3) is 0 Å². The van der Waals surface area contributed by atoms with Crippen molar-refractivity contribution in [1.29, 1.82) is 0 Å². The highest BCUT2D eigenvalue weighted by Gasteiger charge is 2.09. The Bertz CT molecular complexity index is 665. The number of hydrogen-bond acceptors (Lipinski definition) is 4. The van der Waals surface area contributed by atoms with Crippen LogP contribution in [0.3, 0.4) is 0 Å². The molecule has 0 fully saturated rings. The van der Waals surface area contributed by atoms with Crippen LogP contribution in [-0.2, 0) is 4.74 Å². The molecule has 7 heteroatoms. The molecule has 0 radical (unpaired) electrons. The zero-order valence-corrected chi connectivity index (χ0v) is 13.4. The molecule has 2 N–H and O–H groups in total. The molecule has 0 atom stereocenters. The Hall–Kier alpha value is -1.82. The van der Waals surface area contributed by atoms with Crippen molar-refractivity contribution in [2.45, 2.75) is 0 Å². The van der Waals surface area contributed by atoms with Gasteiger partial charge in [0.1, 0.15) is 5.69 Å². The van der Waals surface area contributed by atoms with Crippen molar-refractivity contribution < 1.29 is 9.53 Å². The maximum absolute atomic E-state index is 11.9. The highest BCUT2D eigenvalue weighted by Crippen LogP contribution is 2.31. The first-order valence-electron chi connectivity index (χ1n) is 6.56. The van der Waals surface area contributed by atoms with Gasteiger partial charge in [-0.1, -0.05) is 29.3 Å². The number of halogens is 2. The lowest BCUT2D eigenvalue weighted by atomic mass is 10.2. The highest BCUT2D eigenvalue weighted by atomic mass is 35.5. The summed E-state index contributed by atoms with van der Waals surface area (Å²) in [5, 5.41) is 6.70. The molecule has 0 saturated carbocycles. The number of carbonyl (C=O) groups excluding carboxylic acids is 1. The first kappa shape index (κ1) is 16.5. The molecule has 0 spiro atoms. The Morgan fingerprint density at radius 2 is 2.14 bits per heavy atom. The molecule has 1 aromatic carbocycles. The molecule has 0 aliphatic carbocycles. The second-order valence-electron chi connectivity index (χ2n) is 4.40. The molecule has 22 heavy (non-hydrogen) atoms. The predicted octanol–water partition coefficient (Wildman–Crippen LogP) is 3.51. The van der Waals surface area contributed by atoms with E-state index in [9.17, 15) is 4.79 Å². The van der Waals surface area contributed by atoms with Gasteiger partial charge in [0.15, 0.2) is 0 Å². The number of nitrogens with one attached hydrogen (secondary N) is 2. The van der Waals surface area contributed by atoms with E-state index in [1.807, 2.05) is 0 Å². The number of methoxy groups -OCH3 is 1. The number of hydrogen-bond donors (Lipinski definition) is 2. The summed E-state index contributed by atoms with van der Waals surface area (Å²) in [4.78, 5) is 16.0. The summed E-state index contributed by atoms with van der Waals surface area (Å²) in [6.07, 6.45) is 1.55. The zero-order chi connectivity index (χ0) is 15.9. The van der Waals surface area contributed by atoms with Crippen LogP contribution in [0.1, 0.15) is 10.5 Å². The standard InChI is InChI=1S/C15H15Cl2N3O2/c1-22-8-7-19-15(21)13-9-10(5-6-18-13)20-12-4-2-3-11(16)14(12)17/h2-6,9H,7-8H2,1H3,(H,18,20)(H,19,21). The average molecular weight is 340 g/mol. The molecule has 0 aliphatic heterocycles. The largest absolute Gasteiger partial charge is 0.383 e. The third-order valence-corrected chi connectivity index (χ3v) is 3.63. The minimum Gasteiger partial charge on any atom is -0.383 e. The summed E-state index contributed by atoms with van der Waals surface area (Å²) in [6, 6.07) is 8.67. The van der Waals surface area contributed by atoms with Crippen LogP contribution in [0.2, 0.25) is 10.0 Å². The minimum absolute atomic E-state index is 0.266. The molecule has 2 aromatic rings. The number of carbonyl (C=O) groups is 1. The fourth-order valence-electron chi connectivity index (χ4n) is 1.75. The number of rotatable bonds is 6. The molecule has 116 valence electrons. The lowest BCUT2D eigenvalue weighted by Gasteiger charge is -2.10. The van der Waals surface area contributed by atoms with E-state index >= 15 is 0 Å². The summed E-state index contributed by atoms with van der Waals surface area (Å²) in [5.41, 5.74) is 1.65. The number of aromatic nitrogens is 1. The van der Waals surface area contributed by atoms with Gasteiger partial charge in [-0.15, -0.1) is 0 Å². The number of amides is 1. The van der Waals surface area contributed by atoms with E-state index in [1.165, 1.54) is 0 Å². The van der Waals surface area contributed by atoms with Crippen LogP contribution >= 0.6 is 23.2 Å². The van der Waals surface area contributed by atoms with E-state index in [-0.39, 0.29) is 5.91 Å². The maximum atomic E-state index is 11.9. The third kappa shape index (κ3) is 4.34. The number of benzene rings is 1. The van der Waals surface area contributed by atoms with Gasteiger partial charge in [0.05, 0.1) is 22.3 Å². The van der Waals surface area contributed by atoms with Crippen molar-refractivity contribution in [2.75, 3.05) is 25.6 Å². The van der Waals surface area contributed by atoms with Gasteiger partial charge < -0.3 is 15.4 Å². The Kier molecular flexibility index (Phi) is 6.00. The van der Waals surface area contributed by atoms with Crippen molar-refractivity contribution in [3.63, 3.8) is 0 Å². The van der Waals surface area contributed by atoms with E-state index < -0.39 is 0 Å². The van der Waals surface area contributed by atoms with Gasteiger partial charge in [-0.2, -0.15) is 0 Å². The van der Waals surface area contributed by atoms with Crippen molar-refractivity contribution in [2.24, 2.45) is 0 Å². The lowest BCUT2D eigenvalue weighted by molar-refractivity contribution is 0.0932. The quantitative estimate of drug-likeness (QED) is 0.790. The van der Waals surface area contributed by atoms with E-state index in [2.05, 4.69) is 15.6 Å². The summed E-state index contributed by atoms with van der Waals surface area (Å²) >= 11 is 12.1. The first-order chi connectivity index (χ1) is 10.6. The van der Waals surface area contributed by atoms with Crippen LogP contribution in [0.5, 0.6) is 0 Å². The van der Waals surface area contributed by atoms with Crippen molar-refractivity contribution in [3.05, 3.63) is 52.3 Å². The van der Waals surface area contributed by atoms with Gasteiger partial charge in [-0.05, 0) is 24.3 Å². The topological polar surface area (TPSA) is 63.2 Å². The maximum Gasteiger partial charge on any atom is 0.270 e. The summed E-state index contributed by atoms with van der Waals surface area (Å²) in [5.74, 6) is -0.266. The molecule has 0 saturated heterocycles. The highest BCUT2D eigenvalue weighted by molar-refractivity contribution is 6.43. The van der Waals surface area contributed by atoms with Crippen LogP contribution in [0, 0.1) is 0 Å². The molecule has 1 amide bonds. The van der Waals surface area contributed by atoms with Gasteiger partial charge in [-0.3, -0.25) is 9.78 Å². The molecule has 0 bridgehead atoms. The van der Waals surface area contributed by atoms with Crippen molar-refractivity contribution >= 4 is 40.5 Å². The lowest BCUT2D eigenvalue weighted by Crippen LogP contribution is -2.27. The molecule has 5 nitrogen and oxygen atoms in total. The van der Waals surface area contributed by atoms with Crippen molar-refractivity contribution in [3.8, 4) is 0 Å². The zero-order valence-electron chi connectivity index (χ0n) is 11.9. The van der Waals surface area contributed by atoms with Gasteiger partial charge in [-0.25, -0.2) is 0 Å². The molecule has 0 aliphatic rings. The van der Waals surface area contributed by atoms with Crippen LogP contribution in [0.4, 0.5) is 11.4 Å². The average Bonchev–Trinajstić information content (AvgIpc) is 2.52. The number of pyridine rings is 1. The summed E-state index contributed by atoms with van der Waals surface area (Å²) in [6.45, 7) is 0.872. The predicted molar refractivity (Wildman–Crippen MR) is 88.2 cm³/mol. The Morgan fingerprint density at radius 3 is 2.91 bits per heavy atom. The Balaban J connectivity index is 2.11. The summed E-state index contributed by atoms with van der Waals surface area (Å²) < 4.78 is 4.88. The molecule has 2 rings (SSSR count). The van der Waals surface area contributed by atoms with Crippen molar-refractivity contribution in [1.82, 2.24) is 10.3 Å². The molecular formula is C15H15Cl2N3O2. The van der Waals surface area contributed by atoms with Gasteiger partial charge in [0, 0.05) is 25.5 Å². The third-order valence-electron chi connectivity index (χ3n) is 2.81. The van der Waals surface area contributed by atoms with E-state index in [0.717, 1.165) is 0 Å². The molecular weight excluding hydrogens is 325 g/mol. The monoisotopic (exact) mass is 339 g/mol. The fourth-order valence-corrected chi connectivity index (χ4v) is 2.09. The van der Waals surface area contributed by atoms with Gasteiger partial charge >= 0.3 is 0 Å². The molecule has 1 heterocycles. The molecule has 0 unspecified atom stereocenters. The smallest absolute Gasteiger partial charge is 0.270 e. The Morgan fingerprint density at radius 1 is 1.32 bits per heavy atom. The molecule has 1 aromatic heterocycles. The SMILES string of the molecule is COCCNC(=O)c1cc(Nc2cccc(Cl)c2Cl)ccn1. The van der Waals surface area contributed by atoms with Gasteiger partial charge in [0.2, 0.25) is 0 Å². The second kappa shape index (κ2) is 7.98. The number of nitrogens with zero attached hydrogens (tertiary/aromatic N) is 1. The minimum atomic E-state index is -0.266. The van der Waals surface area contributed by atoms with E-state index in [1.54, 1.807) is 43.6 Å². The van der Waals surface area contributed by atoms with Gasteiger partial charge in [0.25, 0.3) is 5.91 Å². The van der Waals surface area contributed by atoms with Crippen LogP contribution < -0.4 is 10.6 Å². The Labute approximate surface area is 138 Å². The van der Waals surface area contributed by atoms with E-state index in [4.69, 9.17) is 27.9 Å². The normalized spacial score (nSPS) is 10.3. The number of anilines is 2. The fraction of sp³-hybridized carbons (Fsp3) is 0.200. The van der Waals surface area contributed by atoms with Crippen LogP contribution in [0.15, 0.2) is 36.5 Å². The first-order valence-corrected chi connectivity index (χ1v) is 7.31. The second-order valence-corrected chi connectivity index (χ2v) is 5.19. The summed E-state index contributed by atoms with van der Waals surface area (Å²) in [7, 11) is 1.57. The number of ether oxygens (including phenoxy) is 1.